The van der Waals surface area contributed by atoms with Gasteiger partial charge in [0.05, 0.1) is 0 Å². The van der Waals surface area contributed by atoms with Crippen molar-refractivity contribution in [2.45, 2.75) is 33.3 Å². The van der Waals surface area contributed by atoms with E-state index < -0.39 is 0 Å². The van der Waals surface area contributed by atoms with Crippen molar-refractivity contribution >= 4 is 11.6 Å². The second kappa shape index (κ2) is 6.12. The second-order valence-electron chi connectivity index (χ2n) is 5.08. The molecule has 0 unspecified atom stereocenters. The van der Waals surface area contributed by atoms with Gasteiger partial charge in [0.25, 0.3) is 0 Å². The molecule has 0 aromatic heterocycles. The molecule has 2 heteroatoms. The van der Waals surface area contributed by atoms with Crippen molar-refractivity contribution in [3.8, 4) is 5.75 Å². The van der Waals surface area contributed by atoms with E-state index in [2.05, 4.69) is 26.0 Å². The minimum absolute atomic E-state index is 0.449. The number of hydrogen-bond acceptors (Lipinski definition) is 1. The van der Waals surface area contributed by atoms with Crippen LogP contribution in [0.3, 0.4) is 0 Å². The van der Waals surface area contributed by atoms with E-state index in [1.807, 2.05) is 37.3 Å². The summed E-state index contributed by atoms with van der Waals surface area (Å²) in [7, 11) is 0. The third-order valence-electron chi connectivity index (χ3n) is 3.13. The van der Waals surface area contributed by atoms with Crippen molar-refractivity contribution in [1.29, 1.82) is 0 Å². The first-order valence-corrected chi connectivity index (χ1v) is 6.92. The number of halogens is 1. The number of aryl methyl sites for hydroxylation is 1. The van der Waals surface area contributed by atoms with Crippen molar-refractivity contribution in [2.24, 2.45) is 0 Å². The Morgan fingerprint density at radius 2 is 1.84 bits per heavy atom. The maximum Gasteiger partial charge on any atom is 0.123 e. The first kappa shape index (κ1) is 14.0. The third kappa shape index (κ3) is 3.51. The highest BCUT2D eigenvalue weighted by molar-refractivity contribution is 6.31. The summed E-state index contributed by atoms with van der Waals surface area (Å²) >= 11 is 6.22. The molecule has 100 valence electrons. The molecule has 1 nitrogen and oxygen atoms in total. The molecule has 2 aromatic carbocycles. The molecule has 0 aliphatic carbocycles. The molecule has 0 saturated carbocycles. The highest BCUT2D eigenvalue weighted by atomic mass is 35.5. The van der Waals surface area contributed by atoms with E-state index in [4.69, 9.17) is 16.3 Å². The van der Waals surface area contributed by atoms with Gasteiger partial charge in [-0.2, -0.15) is 0 Å². The lowest BCUT2D eigenvalue weighted by molar-refractivity contribution is 0.302. The molecule has 0 heterocycles. The summed E-state index contributed by atoms with van der Waals surface area (Å²) < 4.78 is 5.92. The molecule has 2 rings (SSSR count). The van der Waals surface area contributed by atoms with E-state index in [1.54, 1.807) is 0 Å². The summed E-state index contributed by atoms with van der Waals surface area (Å²) in [5.41, 5.74) is 3.41. The van der Waals surface area contributed by atoms with Gasteiger partial charge in [-0.15, -0.1) is 0 Å². The van der Waals surface area contributed by atoms with Crippen molar-refractivity contribution in [2.75, 3.05) is 0 Å². The highest BCUT2D eigenvalue weighted by Crippen LogP contribution is 2.27. The normalized spacial score (nSPS) is 10.8. The molecule has 0 spiro atoms. The first-order valence-electron chi connectivity index (χ1n) is 6.54. The Morgan fingerprint density at radius 3 is 2.53 bits per heavy atom. The molecule has 0 fully saturated rings. The topological polar surface area (TPSA) is 9.23 Å². The summed E-state index contributed by atoms with van der Waals surface area (Å²) in [4.78, 5) is 0. The monoisotopic (exact) mass is 274 g/mol. The second-order valence-corrected chi connectivity index (χ2v) is 5.48. The predicted molar refractivity (Wildman–Crippen MR) is 81.1 cm³/mol. The van der Waals surface area contributed by atoms with E-state index in [-0.39, 0.29) is 0 Å². The number of para-hydroxylation sites is 1. The summed E-state index contributed by atoms with van der Waals surface area (Å²) in [6, 6.07) is 14.2. The van der Waals surface area contributed by atoms with E-state index in [0.29, 0.717) is 12.5 Å². The van der Waals surface area contributed by atoms with Crippen LogP contribution in [0, 0.1) is 6.92 Å². The van der Waals surface area contributed by atoms with Crippen LogP contribution in [0.4, 0.5) is 0 Å². The number of benzene rings is 2. The SMILES string of the molecule is Cc1ccc(COc2ccccc2C(C)C)c(Cl)c1. The van der Waals surface area contributed by atoms with Crippen LogP contribution in [-0.2, 0) is 6.61 Å². The van der Waals surface area contributed by atoms with Crippen molar-refractivity contribution in [3.05, 3.63) is 64.2 Å². The number of hydrogen-bond donors (Lipinski definition) is 0. The Bertz CT molecular complexity index is 561. The molecule has 2 aromatic rings. The standard InChI is InChI=1S/C17H19ClO/c1-12(2)15-6-4-5-7-17(15)19-11-14-9-8-13(3)10-16(14)18/h4-10,12H,11H2,1-3H3. The zero-order valence-electron chi connectivity index (χ0n) is 11.6. The van der Waals surface area contributed by atoms with Crippen LogP contribution in [0.5, 0.6) is 5.75 Å². The average Bonchev–Trinajstić information content (AvgIpc) is 2.38. The Balaban J connectivity index is 2.14. The molecular formula is C17H19ClO. The fourth-order valence-corrected chi connectivity index (χ4v) is 2.30. The molecule has 0 radical (unpaired) electrons. The molecule has 0 saturated heterocycles. The van der Waals surface area contributed by atoms with Gasteiger partial charge in [-0.25, -0.2) is 0 Å². The highest BCUT2D eigenvalue weighted by Gasteiger charge is 2.08. The van der Waals surface area contributed by atoms with Crippen LogP contribution >= 0.6 is 11.6 Å². The molecule has 0 bridgehead atoms. The van der Waals surface area contributed by atoms with Gasteiger partial charge >= 0.3 is 0 Å². The average molecular weight is 275 g/mol. The zero-order valence-corrected chi connectivity index (χ0v) is 12.4. The van der Waals surface area contributed by atoms with Gasteiger partial charge in [-0.1, -0.05) is 55.8 Å². The van der Waals surface area contributed by atoms with Crippen molar-refractivity contribution in [1.82, 2.24) is 0 Å². The lowest BCUT2D eigenvalue weighted by Gasteiger charge is -2.14. The molecule has 0 amide bonds. The Morgan fingerprint density at radius 1 is 1.11 bits per heavy atom. The van der Waals surface area contributed by atoms with Gasteiger partial charge in [0.15, 0.2) is 0 Å². The van der Waals surface area contributed by atoms with Gasteiger partial charge in [0.2, 0.25) is 0 Å². The largest absolute Gasteiger partial charge is 0.489 e. The maximum absolute atomic E-state index is 6.22. The molecule has 0 N–H and O–H groups in total. The van der Waals surface area contributed by atoms with Gasteiger partial charge in [0.1, 0.15) is 12.4 Å². The van der Waals surface area contributed by atoms with Crippen LogP contribution in [0.1, 0.15) is 36.5 Å². The zero-order chi connectivity index (χ0) is 13.8. The van der Waals surface area contributed by atoms with Gasteiger partial charge in [-0.05, 0) is 36.1 Å². The van der Waals surface area contributed by atoms with E-state index in [9.17, 15) is 0 Å². The van der Waals surface area contributed by atoms with Crippen molar-refractivity contribution < 1.29 is 4.74 Å². The Labute approximate surface area is 120 Å². The first-order chi connectivity index (χ1) is 9.08. The summed E-state index contributed by atoms with van der Waals surface area (Å²) in [5.74, 6) is 1.39. The van der Waals surface area contributed by atoms with Gasteiger partial charge < -0.3 is 4.74 Å². The maximum atomic E-state index is 6.22. The van der Waals surface area contributed by atoms with Crippen LogP contribution in [0.2, 0.25) is 5.02 Å². The number of ether oxygens (including phenoxy) is 1. The predicted octanol–water partition coefficient (Wildman–Crippen LogP) is 5.35. The molecule has 0 atom stereocenters. The minimum atomic E-state index is 0.449. The van der Waals surface area contributed by atoms with E-state index in [1.165, 1.54) is 5.56 Å². The lowest BCUT2D eigenvalue weighted by Crippen LogP contribution is -2.00. The fourth-order valence-electron chi connectivity index (χ4n) is 2.01. The van der Waals surface area contributed by atoms with Crippen LogP contribution in [-0.4, -0.2) is 0 Å². The fraction of sp³-hybridized carbons (Fsp3) is 0.294. The molecule has 19 heavy (non-hydrogen) atoms. The van der Waals surface area contributed by atoms with Crippen LogP contribution in [0.25, 0.3) is 0 Å². The number of rotatable bonds is 4. The smallest absolute Gasteiger partial charge is 0.123 e. The van der Waals surface area contributed by atoms with Crippen LogP contribution in [0.15, 0.2) is 42.5 Å². The van der Waals surface area contributed by atoms with E-state index >= 15 is 0 Å². The quantitative estimate of drug-likeness (QED) is 0.730. The summed E-state index contributed by atoms with van der Waals surface area (Å²) in [6.07, 6.45) is 0. The minimum Gasteiger partial charge on any atom is -0.489 e. The van der Waals surface area contributed by atoms with Crippen LogP contribution < -0.4 is 4.74 Å². The lowest BCUT2D eigenvalue weighted by atomic mass is 10.0. The van der Waals surface area contributed by atoms with Crippen molar-refractivity contribution in [3.63, 3.8) is 0 Å². The summed E-state index contributed by atoms with van der Waals surface area (Å²) in [5, 5.41) is 0.766. The van der Waals surface area contributed by atoms with Gasteiger partial charge in [-0.3, -0.25) is 0 Å². The Kier molecular flexibility index (Phi) is 4.49. The van der Waals surface area contributed by atoms with Gasteiger partial charge in [0, 0.05) is 10.6 Å². The third-order valence-corrected chi connectivity index (χ3v) is 3.48. The van der Waals surface area contributed by atoms with E-state index in [0.717, 1.165) is 21.9 Å². The summed E-state index contributed by atoms with van der Waals surface area (Å²) in [6.45, 7) is 6.87. The molecule has 0 aliphatic heterocycles. The molecule has 0 aliphatic rings. The Hall–Kier alpha value is -1.47. The molecular weight excluding hydrogens is 256 g/mol.